The van der Waals surface area contributed by atoms with E-state index in [1.165, 1.54) is 0 Å². The van der Waals surface area contributed by atoms with Crippen molar-refractivity contribution in [1.82, 2.24) is 15.0 Å². The van der Waals surface area contributed by atoms with Gasteiger partial charge in [0, 0.05) is 19.7 Å². The van der Waals surface area contributed by atoms with E-state index in [1.807, 2.05) is 11.8 Å². The molecule has 2 rings (SSSR count). The van der Waals surface area contributed by atoms with Gasteiger partial charge in [0.2, 0.25) is 11.2 Å². The lowest BCUT2D eigenvalue weighted by Crippen LogP contribution is -2.53. The molecule has 0 aromatic carbocycles. The summed E-state index contributed by atoms with van der Waals surface area (Å²) in [6.45, 7) is 6.19. The van der Waals surface area contributed by atoms with E-state index in [-0.39, 0.29) is 5.28 Å². The third kappa shape index (κ3) is 2.35. The quantitative estimate of drug-likeness (QED) is 0.774. The lowest BCUT2D eigenvalue weighted by molar-refractivity contribution is 0.0423. The van der Waals surface area contributed by atoms with E-state index in [9.17, 15) is 0 Å². The summed E-state index contributed by atoms with van der Waals surface area (Å²) in [6.07, 6.45) is 0.297. The molecule has 1 aliphatic heterocycles. The molecule has 0 aliphatic carbocycles. The Bertz CT molecular complexity index is 334. The van der Waals surface area contributed by atoms with Crippen LogP contribution in [0.4, 0.5) is 5.95 Å². The first-order valence-electron chi connectivity index (χ1n) is 4.93. The molecule has 0 saturated carbocycles. The second kappa shape index (κ2) is 4.28. The number of hydrogen-bond acceptors (Lipinski definition) is 5. The topological polar surface area (TPSA) is 51.1 Å². The van der Waals surface area contributed by atoms with Crippen LogP contribution in [-0.2, 0) is 4.74 Å². The molecule has 0 radical (unpaired) electrons. The number of rotatable bonds is 3. The molecule has 82 valence electrons. The molecule has 1 saturated heterocycles. The van der Waals surface area contributed by atoms with E-state index >= 15 is 0 Å². The monoisotopic (exact) mass is 228 g/mol. The zero-order valence-corrected chi connectivity index (χ0v) is 9.53. The molecule has 15 heavy (non-hydrogen) atoms. The van der Waals surface area contributed by atoms with Crippen molar-refractivity contribution in [3.63, 3.8) is 0 Å². The first kappa shape index (κ1) is 10.6. The summed E-state index contributed by atoms with van der Waals surface area (Å²) in [5.74, 6) is 1.29. The summed E-state index contributed by atoms with van der Waals surface area (Å²) < 4.78 is 5.44. The third-order valence-electron chi connectivity index (χ3n) is 2.24. The smallest absolute Gasteiger partial charge is 0.230 e. The van der Waals surface area contributed by atoms with E-state index in [2.05, 4.69) is 15.0 Å². The third-order valence-corrected chi connectivity index (χ3v) is 2.41. The molecule has 1 aromatic heterocycles. The number of nitrogens with zero attached hydrogens (tertiary/aromatic N) is 4. The Morgan fingerprint density at radius 3 is 2.73 bits per heavy atom. The Morgan fingerprint density at radius 1 is 1.40 bits per heavy atom. The fraction of sp³-hybridized carbons (Fsp3) is 0.667. The van der Waals surface area contributed by atoms with Crippen LogP contribution in [0.3, 0.4) is 0 Å². The molecule has 1 fully saturated rings. The average molecular weight is 229 g/mol. The largest absolute Gasteiger partial charge is 0.375 e. The van der Waals surface area contributed by atoms with Gasteiger partial charge in [0.25, 0.3) is 0 Å². The van der Waals surface area contributed by atoms with Crippen molar-refractivity contribution in [2.45, 2.75) is 20.0 Å². The zero-order chi connectivity index (χ0) is 10.8. The molecular weight excluding hydrogens is 216 g/mol. The SMILES string of the molecule is CCOC1CN(c2nc(C)nc(Cl)n2)C1. The van der Waals surface area contributed by atoms with Crippen LogP contribution in [-0.4, -0.2) is 40.8 Å². The Balaban J connectivity index is 2.00. The van der Waals surface area contributed by atoms with Gasteiger partial charge in [0.1, 0.15) is 5.82 Å². The summed E-state index contributed by atoms with van der Waals surface area (Å²) in [5.41, 5.74) is 0. The fourth-order valence-electron chi connectivity index (χ4n) is 1.52. The van der Waals surface area contributed by atoms with Crippen LogP contribution in [0.5, 0.6) is 0 Å². The van der Waals surface area contributed by atoms with Crippen molar-refractivity contribution in [3.05, 3.63) is 11.1 Å². The summed E-state index contributed by atoms with van der Waals surface area (Å²) in [5, 5.41) is 0.248. The van der Waals surface area contributed by atoms with Gasteiger partial charge < -0.3 is 9.64 Å². The van der Waals surface area contributed by atoms with Crippen molar-refractivity contribution in [2.24, 2.45) is 0 Å². The molecular formula is C9H13ClN4O. The minimum atomic E-state index is 0.248. The zero-order valence-electron chi connectivity index (χ0n) is 8.77. The fourth-order valence-corrected chi connectivity index (χ4v) is 1.72. The van der Waals surface area contributed by atoms with Crippen LogP contribution in [0.25, 0.3) is 0 Å². The van der Waals surface area contributed by atoms with E-state index in [0.717, 1.165) is 19.7 Å². The second-order valence-electron chi connectivity index (χ2n) is 3.43. The number of aromatic nitrogens is 3. The van der Waals surface area contributed by atoms with E-state index in [0.29, 0.717) is 17.9 Å². The standard InChI is InChI=1S/C9H13ClN4O/c1-3-15-7-4-14(5-7)9-12-6(2)11-8(10)13-9/h7H,3-5H2,1-2H3. The summed E-state index contributed by atoms with van der Waals surface area (Å²) >= 11 is 5.75. The van der Waals surface area contributed by atoms with Crippen LogP contribution >= 0.6 is 11.6 Å². The van der Waals surface area contributed by atoms with E-state index in [1.54, 1.807) is 6.92 Å². The Labute approximate surface area is 93.5 Å². The van der Waals surface area contributed by atoms with Crippen LogP contribution < -0.4 is 4.90 Å². The van der Waals surface area contributed by atoms with Gasteiger partial charge in [-0.05, 0) is 25.4 Å². The highest BCUT2D eigenvalue weighted by Gasteiger charge is 2.29. The van der Waals surface area contributed by atoms with Crippen molar-refractivity contribution in [2.75, 3.05) is 24.6 Å². The van der Waals surface area contributed by atoms with Gasteiger partial charge >= 0.3 is 0 Å². The lowest BCUT2D eigenvalue weighted by Gasteiger charge is -2.38. The maximum absolute atomic E-state index is 5.75. The predicted octanol–water partition coefficient (Wildman–Crippen LogP) is 1.06. The summed E-state index contributed by atoms with van der Waals surface area (Å²) in [4.78, 5) is 14.2. The number of aryl methyl sites for hydroxylation is 1. The van der Waals surface area contributed by atoms with Gasteiger partial charge in [0.15, 0.2) is 0 Å². The highest BCUT2D eigenvalue weighted by atomic mass is 35.5. The molecule has 0 spiro atoms. The Hall–Kier alpha value is -0.940. The molecule has 0 atom stereocenters. The highest BCUT2D eigenvalue weighted by molar-refractivity contribution is 6.28. The van der Waals surface area contributed by atoms with Crippen molar-refractivity contribution in [3.8, 4) is 0 Å². The second-order valence-corrected chi connectivity index (χ2v) is 3.77. The van der Waals surface area contributed by atoms with Crippen LogP contribution in [0.1, 0.15) is 12.7 Å². The molecule has 5 nitrogen and oxygen atoms in total. The van der Waals surface area contributed by atoms with Crippen LogP contribution in [0.15, 0.2) is 0 Å². The van der Waals surface area contributed by atoms with Gasteiger partial charge in [0.05, 0.1) is 6.10 Å². The maximum atomic E-state index is 5.75. The molecule has 6 heteroatoms. The molecule has 1 aliphatic rings. The van der Waals surface area contributed by atoms with Crippen LogP contribution in [0, 0.1) is 6.92 Å². The summed E-state index contributed by atoms with van der Waals surface area (Å²) in [7, 11) is 0. The first-order chi connectivity index (χ1) is 7.19. The molecule has 0 bridgehead atoms. The average Bonchev–Trinajstić information content (AvgIpc) is 2.08. The number of anilines is 1. The number of ether oxygens (including phenoxy) is 1. The van der Waals surface area contributed by atoms with Gasteiger partial charge in [-0.2, -0.15) is 9.97 Å². The van der Waals surface area contributed by atoms with E-state index < -0.39 is 0 Å². The molecule has 0 amide bonds. The predicted molar refractivity (Wildman–Crippen MR) is 57.2 cm³/mol. The van der Waals surface area contributed by atoms with Crippen molar-refractivity contribution in [1.29, 1.82) is 0 Å². The van der Waals surface area contributed by atoms with Crippen molar-refractivity contribution < 1.29 is 4.74 Å². The molecule has 0 N–H and O–H groups in total. The Kier molecular flexibility index (Phi) is 3.02. The van der Waals surface area contributed by atoms with Gasteiger partial charge in [-0.15, -0.1) is 0 Å². The minimum Gasteiger partial charge on any atom is -0.375 e. The highest BCUT2D eigenvalue weighted by Crippen LogP contribution is 2.19. The van der Waals surface area contributed by atoms with E-state index in [4.69, 9.17) is 16.3 Å². The van der Waals surface area contributed by atoms with Gasteiger partial charge in [-0.25, -0.2) is 4.98 Å². The maximum Gasteiger partial charge on any atom is 0.230 e. The first-order valence-corrected chi connectivity index (χ1v) is 5.31. The minimum absolute atomic E-state index is 0.248. The molecule has 0 unspecified atom stereocenters. The molecule has 1 aromatic rings. The summed E-state index contributed by atoms with van der Waals surface area (Å²) in [6, 6.07) is 0. The number of hydrogen-bond donors (Lipinski definition) is 0. The van der Waals surface area contributed by atoms with Gasteiger partial charge in [-0.1, -0.05) is 0 Å². The number of halogens is 1. The van der Waals surface area contributed by atoms with Gasteiger partial charge in [-0.3, -0.25) is 0 Å². The molecule has 2 heterocycles. The van der Waals surface area contributed by atoms with Crippen LogP contribution in [0.2, 0.25) is 5.28 Å². The lowest BCUT2D eigenvalue weighted by atomic mass is 10.2. The normalized spacial score (nSPS) is 16.6. The van der Waals surface area contributed by atoms with Crippen molar-refractivity contribution >= 4 is 17.5 Å². The Morgan fingerprint density at radius 2 is 2.13 bits per heavy atom.